The zero-order valence-corrected chi connectivity index (χ0v) is 14.4. The highest BCUT2D eigenvalue weighted by atomic mass is 19.2. The topological polar surface area (TPSA) is 32.8 Å². The zero-order chi connectivity index (χ0) is 19.4. The molecule has 1 aliphatic heterocycles. The normalized spacial score (nSPS) is 15.0. The number of carbonyl (C=O) groups is 1. The lowest BCUT2D eigenvalue weighted by Gasteiger charge is -2.34. The second-order valence-electron chi connectivity index (χ2n) is 6.16. The average Bonchev–Trinajstić information content (AvgIpc) is 2.68. The average molecular weight is 382 g/mol. The molecule has 0 spiro atoms. The third kappa shape index (κ3) is 4.57. The van der Waals surface area contributed by atoms with Crippen LogP contribution in [0.3, 0.4) is 0 Å². The van der Waals surface area contributed by atoms with Gasteiger partial charge in [0.15, 0.2) is 17.5 Å². The Morgan fingerprint density at radius 3 is 2.22 bits per heavy atom. The summed E-state index contributed by atoms with van der Waals surface area (Å²) in [6.07, 6.45) is 0. The molecule has 1 aliphatic rings. The van der Waals surface area contributed by atoms with Crippen molar-refractivity contribution in [3.05, 3.63) is 65.2 Å². The number of piperazine rings is 1. The molecule has 8 heteroatoms. The maximum absolute atomic E-state index is 13.8. The maximum Gasteiger partial charge on any atom is 0.257 e. The lowest BCUT2D eigenvalue weighted by atomic mass is 10.1. The van der Waals surface area contributed by atoms with Crippen LogP contribution in [0.2, 0.25) is 0 Å². The van der Waals surface area contributed by atoms with Crippen molar-refractivity contribution in [1.82, 2.24) is 9.80 Å². The number of benzene rings is 2. The first-order valence-corrected chi connectivity index (χ1v) is 8.49. The summed E-state index contributed by atoms with van der Waals surface area (Å²) < 4.78 is 58.5. The van der Waals surface area contributed by atoms with Crippen LogP contribution in [0.4, 0.5) is 17.6 Å². The number of hydrogen-bond donors (Lipinski definition) is 0. The van der Waals surface area contributed by atoms with Gasteiger partial charge in [-0.3, -0.25) is 9.69 Å². The number of nitrogens with zero attached hydrogens (tertiary/aromatic N) is 2. The van der Waals surface area contributed by atoms with E-state index < -0.39 is 28.9 Å². The van der Waals surface area contributed by atoms with Crippen molar-refractivity contribution >= 4 is 5.91 Å². The van der Waals surface area contributed by atoms with Gasteiger partial charge in [0.2, 0.25) is 0 Å². The standard InChI is InChI=1S/C19H18F4N2O2/c20-13-1-3-14(4-2-13)27-12-11-24-7-9-25(10-8-24)19(26)15-5-6-16(21)18(23)17(15)22/h1-6H,7-12H2. The van der Waals surface area contributed by atoms with E-state index in [-0.39, 0.29) is 5.82 Å². The van der Waals surface area contributed by atoms with E-state index in [1.807, 2.05) is 0 Å². The van der Waals surface area contributed by atoms with Gasteiger partial charge in [0.25, 0.3) is 5.91 Å². The van der Waals surface area contributed by atoms with Gasteiger partial charge in [-0.05, 0) is 36.4 Å². The Bertz CT molecular complexity index is 806. The minimum Gasteiger partial charge on any atom is -0.492 e. The van der Waals surface area contributed by atoms with Crippen molar-refractivity contribution in [2.24, 2.45) is 0 Å². The minimum atomic E-state index is -1.64. The fraction of sp³-hybridized carbons (Fsp3) is 0.316. The molecular weight excluding hydrogens is 364 g/mol. The van der Waals surface area contributed by atoms with E-state index in [1.54, 1.807) is 12.1 Å². The monoisotopic (exact) mass is 382 g/mol. The molecule has 4 nitrogen and oxygen atoms in total. The van der Waals surface area contributed by atoms with Gasteiger partial charge < -0.3 is 9.64 Å². The summed E-state index contributed by atoms with van der Waals surface area (Å²) in [6, 6.07) is 7.42. The van der Waals surface area contributed by atoms with Crippen molar-refractivity contribution in [3.63, 3.8) is 0 Å². The highest BCUT2D eigenvalue weighted by Gasteiger charge is 2.26. The van der Waals surface area contributed by atoms with Crippen LogP contribution in [0.1, 0.15) is 10.4 Å². The number of amides is 1. The summed E-state index contributed by atoms with van der Waals surface area (Å²) in [5, 5.41) is 0. The molecule has 3 rings (SSSR count). The van der Waals surface area contributed by atoms with Crippen molar-refractivity contribution in [2.45, 2.75) is 0 Å². The SMILES string of the molecule is O=C(c1ccc(F)c(F)c1F)N1CCN(CCOc2ccc(F)cc2)CC1. The number of carbonyl (C=O) groups excluding carboxylic acids is 1. The van der Waals surface area contributed by atoms with Gasteiger partial charge >= 0.3 is 0 Å². The fourth-order valence-electron chi connectivity index (χ4n) is 2.86. The van der Waals surface area contributed by atoms with Gasteiger partial charge in [0.05, 0.1) is 5.56 Å². The van der Waals surface area contributed by atoms with Crippen LogP contribution in [0.15, 0.2) is 36.4 Å². The van der Waals surface area contributed by atoms with Crippen LogP contribution < -0.4 is 4.74 Å². The summed E-state index contributed by atoms with van der Waals surface area (Å²) in [7, 11) is 0. The molecule has 144 valence electrons. The quantitative estimate of drug-likeness (QED) is 0.589. The molecule has 0 radical (unpaired) electrons. The number of hydrogen-bond acceptors (Lipinski definition) is 3. The highest BCUT2D eigenvalue weighted by Crippen LogP contribution is 2.18. The van der Waals surface area contributed by atoms with Crippen LogP contribution in [0.5, 0.6) is 5.75 Å². The van der Waals surface area contributed by atoms with E-state index in [9.17, 15) is 22.4 Å². The van der Waals surface area contributed by atoms with Crippen molar-refractivity contribution in [3.8, 4) is 5.75 Å². The molecule has 1 saturated heterocycles. The smallest absolute Gasteiger partial charge is 0.257 e. The minimum absolute atomic E-state index is 0.333. The van der Waals surface area contributed by atoms with Gasteiger partial charge in [-0.2, -0.15) is 0 Å². The Labute approximate surface area is 153 Å². The van der Waals surface area contributed by atoms with E-state index in [1.165, 1.54) is 17.0 Å². The van der Waals surface area contributed by atoms with Crippen molar-refractivity contribution in [2.75, 3.05) is 39.3 Å². The molecule has 0 aliphatic carbocycles. The van der Waals surface area contributed by atoms with Crippen LogP contribution in [0, 0.1) is 23.3 Å². The van der Waals surface area contributed by atoms with E-state index in [0.29, 0.717) is 45.1 Å². The molecule has 1 fully saturated rings. The first-order valence-electron chi connectivity index (χ1n) is 8.49. The Hall–Kier alpha value is -2.61. The fourth-order valence-corrected chi connectivity index (χ4v) is 2.86. The highest BCUT2D eigenvalue weighted by molar-refractivity contribution is 5.94. The van der Waals surface area contributed by atoms with Gasteiger partial charge in [0, 0.05) is 32.7 Å². The summed E-state index contributed by atoms with van der Waals surface area (Å²) in [5.41, 5.74) is -0.470. The predicted octanol–water partition coefficient (Wildman–Crippen LogP) is 3.08. The summed E-state index contributed by atoms with van der Waals surface area (Å²) in [5.74, 6) is -4.85. The van der Waals surface area contributed by atoms with Crippen LogP contribution in [-0.4, -0.2) is 55.0 Å². The van der Waals surface area contributed by atoms with E-state index >= 15 is 0 Å². The Balaban J connectivity index is 1.48. The molecular formula is C19H18F4N2O2. The van der Waals surface area contributed by atoms with Crippen LogP contribution in [-0.2, 0) is 0 Å². The van der Waals surface area contributed by atoms with Crippen molar-refractivity contribution < 1.29 is 27.1 Å². The third-order valence-corrected chi connectivity index (χ3v) is 4.41. The molecule has 0 atom stereocenters. The second kappa shape index (κ2) is 8.39. The van der Waals surface area contributed by atoms with Crippen LogP contribution >= 0.6 is 0 Å². The number of rotatable bonds is 5. The number of ether oxygens (including phenoxy) is 1. The van der Waals surface area contributed by atoms with Gasteiger partial charge in [-0.15, -0.1) is 0 Å². The predicted molar refractivity (Wildman–Crippen MR) is 90.6 cm³/mol. The summed E-state index contributed by atoms with van der Waals surface area (Å²) in [6.45, 7) is 2.78. The van der Waals surface area contributed by atoms with E-state index in [2.05, 4.69) is 4.90 Å². The largest absolute Gasteiger partial charge is 0.492 e. The van der Waals surface area contributed by atoms with E-state index in [0.717, 1.165) is 12.1 Å². The Morgan fingerprint density at radius 2 is 1.56 bits per heavy atom. The molecule has 0 N–H and O–H groups in total. The lowest BCUT2D eigenvalue weighted by molar-refractivity contribution is 0.0614. The molecule has 2 aromatic carbocycles. The molecule has 0 saturated carbocycles. The molecule has 0 aromatic heterocycles. The molecule has 27 heavy (non-hydrogen) atoms. The Morgan fingerprint density at radius 1 is 0.889 bits per heavy atom. The summed E-state index contributed by atoms with van der Waals surface area (Å²) >= 11 is 0. The first-order chi connectivity index (χ1) is 13.0. The zero-order valence-electron chi connectivity index (χ0n) is 14.4. The molecule has 0 unspecified atom stereocenters. The van der Waals surface area contributed by atoms with Gasteiger partial charge in [-0.1, -0.05) is 0 Å². The van der Waals surface area contributed by atoms with Crippen LogP contribution in [0.25, 0.3) is 0 Å². The second-order valence-corrected chi connectivity index (χ2v) is 6.16. The van der Waals surface area contributed by atoms with Crippen molar-refractivity contribution in [1.29, 1.82) is 0 Å². The number of halogens is 4. The van der Waals surface area contributed by atoms with E-state index in [4.69, 9.17) is 4.74 Å². The van der Waals surface area contributed by atoms with Gasteiger partial charge in [-0.25, -0.2) is 17.6 Å². The Kier molecular flexibility index (Phi) is 5.95. The molecule has 1 heterocycles. The first kappa shape index (κ1) is 19.2. The lowest BCUT2D eigenvalue weighted by Crippen LogP contribution is -2.49. The van der Waals surface area contributed by atoms with Gasteiger partial charge in [0.1, 0.15) is 18.2 Å². The maximum atomic E-state index is 13.8. The molecule has 2 aromatic rings. The molecule has 1 amide bonds. The third-order valence-electron chi connectivity index (χ3n) is 4.41. The summed E-state index contributed by atoms with van der Waals surface area (Å²) in [4.78, 5) is 15.8. The molecule has 0 bridgehead atoms.